The Morgan fingerprint density at radius 3 is 2.63 bits per heavy atom. The van der Waals surface area contributed by atoms with Gasteiger partial charge < -0.3 is 15.8 Å². The molecule has 2 rings (SSSR count). The third-order valence-corrected chi connectivity index (χ3v) is 2.79. The fourth-order valence-corrected chi connectivity index (χ4v) is 1.86. The monoisotopic (exact) mass is 256 g/mol. The molecule has 3 N–H and O–H groups in total. The lowest BCUT2D eigenvalue weighted by atomic mass is 10.1. The van der Waals surface area contributed by atoms with E-state index in [9.17, 15) is 4.79 Å². The van der Waals surface area contributed by atoms with Crippen LogP contribution in [0.2, 0.25) is 0 Å². The zero-order chi connectivity index (χ0) is 13.8. The number of ether oxygens (including phenoxy) is 1. The SMILES string of the molecule is COC(=O)c1cccc(N)c1Nc1cccc(C)c1. The van der Waals surface area contributed by atoms with E-state index in [0.717, 1.165) is 11.3 Å². The number of esters is 1. The van der Waals surface area contributed by atoms with Gasteiger partial charge in [-0.15, -0.1) is 0 Å². The van der Waals surface area contributed by atoms with Crippen molar-refractivity contribution in [3.63, 3.8) is 0 Å². The molecule has 0 bridgehead atoms. The maximum atomic E-state index is 11.7. The van der Waals surface area contributed by atoms with Gasteiger partial charge in [0.05, 0.1) is 24.0 Å². The molecule has 0 aliphatic heterocycles. The molecule has 2 aromatic rings. The van der Waals surface area contributed by atoms with Crippen LogP contribution in [0.5, 0.6) is 0 Å². The van der Waals surface area contributed by atoms with E-state index >= 15 is 0 Å². The fraction of sp³-hybridized carbons (Fsp3) is 0.133. The number of nitrogens with one attached hydrogen (secondary N) is 1. The van der Waals surface area contributed by atoms with Crippen molar-refractivity contribution in [1.82, 2.24) is 0 Å². The van der Waals surface area contributed by atoms with E-state index in [0.29, 0.717) is 16.9 Å². The van der Waals surface area contributed by atoms with E-state index in [1.165, 1.54) is 7.11 Å². The summed E-state index contributed by atoms with van der Waals surface area (Å²) in [7, 11) is 1.35. The number of hydrogen-bond acceptors (Lipinski definition) is 4. The molecular formula is C15H16N2O2. The molecule has 0 heterocycles. The lowest BCUT2D eigenvalue weighted by Gasteiger charge is -2.13. The van der Waals surface area contributed by atoms with Gasteiger partial charge in [-0.05, 0) is 36.8 Å². The number of carbonyl (C=O) groups excluding carboxylic acids is 1. The minimum absolute atomic E-state index is 0.414. The Kier molecular flexibility index (Phi) is 3.71. The van der Waals surface area contributed by atoms with Crippen molar-refractivity contribution in [3.05, 3.63) is 53.6 Å². The van der Waals surface area contributed by atoms with Gasteiger partial charge in [0.15, 0.2) is 0 Å². The van der Waals surface area contributed by atoms with E-state index < -0.39 is 5.97 Å². The van der Waals surface area contributed by atoms with Crippen molar-refractivity contribution in [3.8, 4) is 0 Å². The number of nitrogen functional groups attached to an aromatic ring is 1. The molecule has 0 saturated heterocycles. The van der Waals surface area contributed by atoms with Crippen LogP contribution in [0.25, 0.3) is 0 Å². The second-order valence-corrected chi connectivity index (χ2v) is 4.26. The second kappa shape index (κ2) is 5.44. The Hall–Kier alpha value is -2.49. The van der Waals surface area contributed by atoms with E-state index in [-0.39, 0.29) is 0 Å². The maximum Gasteiger partial charge on any atom is 0.340 e. The molecule has 0 atom stereocenters. The van der Waals surface area contributed by atoms with Gasteiger partial charge in [-0.3, -0.25) is 0 Å². The van der Waals surface area contributed by atoms with Crippen LogP contribution < -0.4 is 11.1 Å². The molecule has 0 saturated carbocycles. The Morgan fingerprint density at radius 2 is 1.95 bits per heavy atom. The van der Waals surface area contributed by atoms with Crippen molar-refractivity contribution in [2.75, 3.05) is 18.2 Å². The zero-order valence-corrected chi connectivity index (χ0v) is 10.9. The molecule has 0 amide bonds. The summed E-state index contributed by atoms with van der Waals surface area (Å²) in [5.74, 6) is -0.414. The average molecular weight is 256 g/mol. The van der Waals surface area contributed by atoms with Crippen molar-refractivity contribution in [1.29, 1.82) is 0 Å². The Morgan fingerprint density at radius 1 is 1.21 bits per heavy atom. The molecule has 98 valence electrons. The molecule has 2 aromatic carbocycles. The van der Waals surface area contributed by atoms with Crippen molar-refractivity contribution < 1.29 is 9.53 Å². The number of carbonyl (C=O) groups is 1. The van der Waals surface area contributed by atoms with Gasteiger partial charge in [0.25, 0.3) is 0 Å². The first kappa shape index (κ1) is 13.0. The zero-order valence-electron chi connectivity index (χ0n) is 10.9. The second-order valence-electron chi connectivity index (χ2n) is 4.26. The van der Waals surface area contributed by atoms with Crippen molar-refractivity contribution in [2.24, 2.45) is 0 Å². The predicted octanol–water partition coefficient (Wildman–Crippen LogP) is 3.11. The van der Waals surface area contributed by atoms with E-state index in [4.69, 9.17) is 10.5 Å². The highest BCUT2D eigenvalue weighted by Gasteiger charge is 2.14. The van der Waals surface area contributed by atoms with Crippen LogP contribution >= 0.6 is 0 Å². The predicted molar refractivity (Wildman–Crippen MR) is 76.7 cm³/mol. The lowest BCUT2D eigenvalue weighted by molar-refractivity contribution is 0.0602. The van der Waals surface area contributed by atoms with Crippen LogP contribution in [0.15, 0.2) is 42.5 Å². The summed E-state index contributed by atoms with van der Waals surface area (Å²) in [5.41, 5.74) is 9.43. The van der Waals surface area contributed by atoms with Crippen molar-refractivity contribution >= 4 is 23.0 Å². The first-order valence-corrected chi connectivity index (χ1v) is 5.92. The minimum atomic E-state index is -0.414. The summed E-state index contributed by atoms with van der Waals surface area (Å²) < 4.78 is 4.76. The molecule has 0 aliphatic rings. The third kappa shape index (κ3) is 2.85. The van der Waals surface area contributed by atoms with Crippen LogP contribution in [0, 0.1) is 6.92 Å². The number of hydrogen-bond donors (Lipinski definition) is 2. The molecule has 4 nitrogen and oxygen atoms in total. The molecule has 0 aliphatic carbocycles. The number of nitrogens with two attached hydrogens (primary N) is 1. The summed E-state index contributed by atoms with van der Waals surface area (Å²) in [4.78, 5) is 11.7. The quantitative estimate of drug-likeness (QED) is 0.654. The summed E-state index contributed by atoms with van der Waals surface area (Å²) in [6, 6.07) is 13.0. The van der Waals surface area contributed by atoms with Gasteiger partial charge in [-0.1, -0.05) is 18.2 Å². The van der Waals surface area contributed by atoms with Gasteiger partial charge in [-0.2, -0.15) is 0 Å². The van der Waals surface area contributed by atoms with Gasteiger partial charge in [0.2, 0.25) is 0 Å². The van der Waals surface area contributed by atoms with Crippen LogP contribution in [-0.2, 0) is 4.74 Å². The highest BCUT2D eigenvalue weighted by Crippen LogP contribution is 2.28. The van der Waals surface area contributed by atoms with E-state index in [1.54, 1.807) is 18.2 Å². The Bertz CT molecular complexity index is 609. The number of anilines is 3. The molecule has 0 aromatic heterocycles. The maximum absolute atomic E-state index is 11.7. The standard InChI is InChI=1S/C15H16N2O2/c1-10-5-3-6-11(9-10)17-14-12(15(18)19-2)7-4-8-13(14)16/h3-9,17H,16H2,1-2H3. The summed E-state index contributed by atoms with van der Waals surface area (Å²) >= 11 is 0. The minimum Gasteiger partial charge on any atom is -0.465 e. The first-order chi connectivity index (χ1) is 9.11. The topological polar surface area (TPSA) is 64.3 Å². The summed E-state index contributed by atoms with van der Waals surface area (Å²) in [6.07, 6.45) is 0. The summed E-state index contributed by atoms with van der Waals surface area (Å²) in [6.45, 7) is 2.00. The number of benzene rings is 2. The number of aryl methyl sites for hydroxylation is 1. The lowest BCUT2D eigenvalue weighted by Crippen LogP contribution is -2.07. The largest absolute Gasteiger partial charge is 0.465 e. The highest BCUT2D eigenvalue weighted by atomic mass is 16.5. The normalized spacial score (nSPS) is 10.0. The Balaban J connectivity index is 2.41. The smallest absolute Gasteiger partial charge is 0.340 e. The third-order valence-electron chi connectivity index (χ3n) is 2.79. The number of methoxy groups -OCH3 is 1. The Labute approximate surface area is 112 Å². The molecule has 19 heavy (non-hydrogen) atoms. The van der Waals surface area contributed by atoms with E-state index in [1.807, 2.05) is 31.2 Å². The van der Waals surface area contributed by atoms with Crippen LogP contribution in [-0.4, -0.2) is 13.1 Å². The molecule has 0 radical (unpaired) electrons. The van der Waals surface area contributed by atoms with E-state index in [2.05, 4.69) is 5.32 Å². The van der Waals surface area contributed by atoms with Gasteiger partial charge >= 0.3 is 5.97 Å². The van der Waals surface area contributed by atoms with Crippen LogP contribution in [0.1, 0.15) is 15.9 Å². The van der Waals surface area contributed by atoms with Crippen molar-refractivity contribution in [2.45, 2.75) is 6.92 Å². The molecule has 0 fully saturated rings. The van der Waals surface area contributed by atoms with Gasteiger partial charge in [-0.25, -0.2) is 4.79 Å². The summed E-state index contributed by atoms with van der Waals surface area (Å²) in [5, 5.41) is 3.17. The number of rotatable bonds is 3. The molecule has 0 unspecified atom stereocenters. The van der Waals surface area contributed by atoms with Gasteiger partial charge in [0.1, 0.15) is 0 Å². The molecule has 4 heteroatoms. The molecule has 0 spiro atoms. The fourth-order valence-electron chi connectivity index (χ4n) is 1.86. The van der Waals surface area contributed by atoms with Crippen LogP contribution in [0.4, 0.5) is 17.1 Å². The number of para-hydroxylation sites is 1. The van der Waals surface area contributed by atoms with Gasteiger partial charge in [0, 0.05) is 5.69 Å². The first-order valence-electron chi connectivity index (χ1n) is 5.92. The molecular weight excluding hydrogens is 240 g/mol. The highest BCUT2D eigenvalue weighted by molar-refractivity contribution is 5.99. The van der Waals surface area contributed by atoms with Crippen LogP contribution in [0.3, 0.4) is 0 Å². The average Bonchev–Trinajstić information content (AvgIpc) is 2.40.